The summed E-state index contributed by atoms with van der Waals surface area (Å²) in [6.07, 6.45) is 2.18. The topological polar surface area (TPSA) is 57.5 Å². The Balaban J connectivity index is 2.11. The van der Waals surface area contributed by atoms with E-state index in [1.807, 2.05) is 31.2 Å². The first-order valence-electron chi connectivity index (χ1n) is 6.03. The molecule has 1 aliphatic rings. The van der Waals surface area contributed by atoms with Crippen molar-refractivity contribution in [2.24, 2.45) is 5.92 Å². The second kappa shape index (κ2) is 4.49. The lowest BCUT2D eigenvalue weighted by molar-refractivity contribution is -0.145. The second-order valence-corrected chi connectivity index (χ2v) is 5.01. The minimum Gasteiger partial charge on any atom is -0.481 e. The predicted octanol–water partition coefficient (Wildman–Crippen LogP) is 2.46. The average molecular weight is 234 g/mol. The zero-order chi connectivity index (χ0) is 12.5. The number of carboxylic acids is 1. The standard InChI is InChI=1S/C14H18O3/c1-10-2-4-12(5-3-10)14(17)8-6-11(7-9-14)13(15)16/h2-5,11,17H,6-9H2,1H3,(H,15,16). The van der Waals surface area contributed by atoms with Gasteiger partial charge in [0.05, 0.1) is 11.5 Å². The van der Waals surface area contributed by atoms with Gasteiger partial charge in [-0.1, -0.05) is 29.8 Å². The summed E-state index contributed by atoms with van der Waals surface area (Å²) in [6, 6.07) is 7.85. The van der Waals surface area contributed by atoms with Crippen LogP contribution in [-0.4, -0.2) is 16.2 Å². The summed E-state index contributed by atoms with van der Waals surface area (Å²) in [5.74, 6) is -1.03. The van der Waals surface area contributed by atoms with E-state index in [1.54, 1.807) is 0 Å². The van der Waals surface area contributed by atoms with Crippen LogP contribution >= 0.6 is 0 Å². The number of aliphatic hydroxyl groups is 1. The molecule has 0 radical (unpaired) electrons. The van der Waals surface area contributed by atoms with Crippen molar-refractivity contribution >= 4 is 5.97 Å². The number of benzene rings is 1. The molecular weight excluding hydrogens is 216 g/mol. The number of rotatable bonds is 2. The summed E-state index contributed by atoms with van der Waals surface area (Å²) in [4.78, 5) is 10.9. The fraction of sp³-hybridized carbons (Fsp3) is 0.500. The van der Waals surface area contributed by atoms with E-state index < -0.39 is 11.6 Å². The Morgan fingerprint density at radius 2 is 1.76 bits per heavy atom. The SMILES string of the molecule is Cc1ccc(C2(O)CCC(C(=O)O)CC2)cc1. The molecule has 1 saturated carbocycles. The van der Waals surface area contributed by atoms with Crippen LogP contribution in [0.2, 0.25) is 0 Å². The molecule has 92 valence electrons. The van der Waals surface area contributed by atoms with E-state index in [1.165, 1.54) is 0 Å². The molecule has 0 aromatic heterocycles. The molecule has 0 saturated heterocycles. The number of hydrogen-bond acceptors (Lipinski definition) is 2. The first-order valence-corrected chi connectivity index (χ1v) is 6.03. The first-order chi connectivity index (χ1) is 8.01. The third-order valence-electron chi connectivity index (χ3n) is 3.75. The molecule has 17 heavy (non-hydrogen) atoms. The van der Waals surface area contributed by atoms with Crippen LogP contribution in [0.15, 0.2) is 24.3 Å². The van der Waals surface area contributed by atoms with Gasteiger partial charge in [-0.2, -0.15) is 0 Å². The Morgan fingerprint density at radius 3 is 2.24 bits per heavy atom. The monoisotopic (exact) mass is 234 g/mol. The van der Waals surface area contributed by atoms with Crippen molar-refractivity contribution in [1.29, 1.82) is 0 Å². The molecule has 0 spiro atoms. The van der Waals surface area contributed by atoms with Gasteiger partial charge in [-0.15, -0.1) is 0 Å². The van der Waals surface area contributed by atoms with Gasteiger partial charge in [0.25, 0.3) is 0 Å². The molecule has 1 aliphatic carbocycles. The van der Waals surface area contributed by atoms with Crippen molar-refractivity contribution in [1.82, 2.24) is 0 Å². The first kappa shape index (κ1) is 12.1. The van der Waals surface area contributed by atoms with Gasteiger partial charge in [0.15, 0.2) is 0 Å². The van der Waals surface area contributed by atoms with Gasteiger partial charge >= 0.3 is 5.97 Å². The van der Waals surface area contributed by atoms with Crippen molar-refractivity contribution in [2.75, 3.05) is 0 Å². The number of carbonyl (C=O) groups is 1. The van der Waals surface area contributed by atoms with Gasteiger partial charge in [-0.05, 0) is 38.2 Å². The summed E-state index contributed by atoms with van der Waals surface area (Å²) in [7, 11) is 0. The van der Waals surface area contributed by atoms with Gasteiger partial charge in [-0.25, -0.2) is 0 Å². The Bertz CT molecular complexity index is 400. The molecule has 0 atom stereocenters. The van der Waals surface area contributed by atoms with E-state index in [9.17, 15) is 9.90 Å². The van der Waals surface area contributed by atoms with Gasteiger partial charge < -0.3 is 10.2 Å². The number of hydrogen-bond donors (Lipinski definition) is 2. The quantitative estimate of drug-likeness (QED) is 0.826. The maximum atomic E-state index is 10.9. The van der Waals surface area contributed by atoms with Crippen molar-refractivity contribution < 1.29 is 15.0 Å². The van der Waals surface area contributed by atoms with E-state index in [-0.39, 0.29) is 5.92 Å². The Labute approximate surface area is 101 Å². The Morgan fingerprint density at radius 1 is 1.24 bits per heavy atom. The van der Waals surface area contributed by atoms with Crippen LogP contribution in [0.3, 0.4) is 0 Å². The lowest BCUT2D eigenvalue weighted by atomic mass is 9.75. The molecule has 1 aromatic carbocycles. The van der Waals surface area contributed by atoms with E-state index >= 15 is 0 Å². The Hall–Kier alpha value is -1.35. The lowest BCUT2D eigenvalue weighted by Gasteiger charge is -2.35. The van der Waals surface area contributed by atoms with Crippen molar-refractivity contribution in [2.45, 2.75) is 38.2 Å². The summed E-state index contributed by atoms with van der Waals surface area (Å²) in [5.41, 5.74) is 1.24. The normalized spacial score (nSPS) is 28.9. The molecule has 2 N–H and O–H groups in total. The van der Waals surface area contributed by atoms with Crippen molar-refractivity contribution in [3.05, 3.63) is 35.4 Å². The van der Waals surface area contributed by atoms with Crippen LogP contribution in [0.1, 0.15) is 36.8 Å². The molecule has 0 aliphatic heterocycles. The van der Waals surface area contributed by atoms with Gasteiger partial charge in [-0.3, -0.25) is 4.79 Å². The molecular formula is C14H18O3. The number of aliphatic carboxylic acids is 1. The highest BCUT2D eigenvalue weighted by molar-refractivity contribution is 5.70. The number of aryl methyl sites for hydroxylation is 1. The van der Waals surface area contributed by atoms with Crippen LogP contribution in [0.25, 0.3) is 0 Å². The Kier molecular flexibility index (Phi) is 3.20. The third kappa shape index (κ3) is 2.50. The second-order valence-electron chi connectivity index (χ2n) is 5.01. The number of carboxylic acid groups (broad SMARTS) is 1. The van der Waals surface area contributed by atoms with E-state index in [4.69, 9.17) is 5.11 Å². The molecule has 3 heteroatoms. The van der Waals surface area contributed by atoms with Crippen LogP contribution < -0.4 is 0 Å². The summed E-state index contributed by atoms with van der Waals surface area (Å²) >= 11 is 0. The zero-order valence-corrected chi connectivity index (χ0v) is 10.0. The van der Waals surface area contributed by atoms with Crippen LogP contribution in [0.4, 0.5) is 0 Å². The highest BCUT2D eigenvalue weighted by Crippen LogP contribution is 2.39. The summed E-state index contributed by atoms with van der Waals surface area (Å²) in [6.45, 7) is 2.01. The fourth-order valence-electron chi connectivity index (χ4n) is 2.49. The summed E-state index contributed by atoms with van der Waals surface area (Å²) < 4.78 is 0. The molecule has 1 fully saturated rings. The average Bonchev–Trinajstić information content (AvgIpc) is 2.30. The molecule has 0 heterocycles. The molecule has 0 bridgehead atoms. The van der Waals surface area contributed by atoms with E-state index in [2.05, 4.69) is 0 Å². The van der Waals surface area contributed by atoms with Crippen LogP contribution in [0, 0.1) is 12.8 Å². The highest BCUT2D eigenvalue weighted by Gasteiger charge is 2.36. The molecule has 3 nitrogen and oxygen atoms in total. The molecule has 1 aromatic rings. The molecule has 0 unspecified atom stereocenters. The largest absolute Gasteiger partial charge is 0.481 e. The fourth-order valence-corrected chi connectivity index (χ4v) is 2.49. The predicted molar refractivity (Wildman–Crippen MR) is 64.7 cm³/mol. The lowest BCUT2D eigenvalue weighted by Crippen LogP contribution is -2.33. The summed E-state index contributed by atoms with van der Waals surface area (Å²) in [5, 5.41) is 19.5. The van der Waals surface area contributed by atoms with Gasteiger partial charge in [0.2, 0.25) is 0 Å². The highest BCUT2D eigenvalue weighted by atomic mass is 16.4. The van der Waals surface area contributed by atoms with Gasteiger partial charge in [0, 0.05) is 0 Å². The van der Waals surface area contributed by atoms with Crippen LogP contribution in [-0.2, 0) is 10.4 Å². The van der Waals surface area contributed by atoms with Crippen LogP contribution in [0.5, 0.6) is 0 Å². The minimum absolute atomic E-state index is 0.291. The smallest absolute Gasteiger partial charge is 0.306 e. The maximum absolute atomic E-state index is 10.9. The third-order valence-corrected chi connectivity index (χ3v) is 3.75. The molecule has 0 amide bonds. The maximum Gasteiger partial charge on any atom is 0.306 e. The van der Waals surface area contributed by atoms with E-state index in [0.29, 0.717) is 25.7 Å². The molecule has 2 rings (SSSR count). The zero-order valence-electron chi connectivity index (χ0n) is 10.0. The van der Waals surface area contributed by atoms with E-state index in [0.717, 1.165) is 11.1 Å². The minimum atomic E-state index is -0.834. The van der Waals surface area contributed by atoms with Crippen molar-refractivity contribution in [3.63, 3.8) is 0 Å². The van der Waals surface area contributed by atoms with Crippen molar-refractivity contribution in [3.8, 4) is 0 Å². The van der Waals surface area contributed by atoms with Gasteiger partial charge in [0.1, 0.15) is 0 Å².